The first-order valence-corrected chi connectivity index (χ1v) is 12.8. The lowest BCUT2D eigenvalue weighted by molar-refractivity contribution is 1.30. The summed E-state index contributed by atoms with van der Waals surface area (Å²) in [6, 6.07) is 22.0. The van der Waals surface area contributed by atoms with Crippen molar-refractivity contribution < 1.29 is 0 Å². The van der Waals surface area contributed by atoms with Crippen molar-refractivity contribution in [3.8, 4) is 12.1 Å². The van der Waals surface area contributed by atoms with Crippen molar-refractivity contribution in [3.05, 3.63) is 125 Å². The Bertz CT molecular complexity index is 1990. The predicted octanol–water partition coefficient (Wildman–Crippen LogP) is 7.17. The summed E-state index contributed by atoms with van der Waals surface area (Å²) in [6.45, 7) is 0. The van der Waals surface area contributed by atoms with Crippen LogP contribution in [0.5, 0.6) is 0 Å². The highest BCUT2D eigenvalue weighted by molar-refractivity contribution is 9.10. The number of benzene rings is 1. The van der Waals surface area contributed by atoms with Gasteiger partial charge in [0.1, 0.15) is 17.8 Å². The minimum Gasteiger partial charge on any atom is -0.361 e. The van der Waals surface area contributed by atoms with Crippen LogP contribution in [0.3, 0.4) is 0 Å². The second kappa shape index (κ2) is 10.2. The molecule has 8 heteroatoms. The molecule has 0 saturated heterocycles. The van der Waals surface area contributed by atoms with Crippen molar-refractivity contribution in [2.45, 2.75) is 0 Å². The van der Waals surface area contributed by atoms with Gasteiger partial charge in [0.15, 0.2) is 0 Å². The van der Waals surface area contributed by atoms with Crippen molar-refractivity contribution in [1.29, 1.82) is 10.5 Å². The van der Waals surface area contributed by atoms with Crippen molar-refractivity contribution >= 4 is 60.2 Å². The first-order chi connectivity index (χ1) is 19.2. The Kier molecular flexibility index (Phi) is 6.30. The van der Waals surface area contributed by atoms with Gasteiger partial charge in [-0.15, -0.1) is 0 Å². The second-order valence-electron chi connectivity index (χ2n) is 8.70. The van der Waals surface area contributed by atoms with E-state index in [1.807, 2.05) is 60.8 Å². The maximum absolute atomic E-state index is 10.7. The highest BCUT2D eigenvalue weighted by atomic mass is 79.9. The van der Waals surface area contributed by atoms with E-state index in [0.717, 1.165) is 20.8 Å². The summed E-state index contributed by atoms with van der Waals surface area (Å²) in [6.07, 6.45) is 12.1. The molecule has 0 atom stereocenters. The molecule has 6 aromatic rings. The molecule has 0 spiro atoms. The number of nitrogens with one attached hydrogen (secondary N) is 2. The molecule has 0 unspecified atom stereocenters. The van der Waals surface area contributed by atoms with Crippen molar-refractivity contribution in [2.75, 3.05) is 0 Å². The van der Waals surface area contributed by atoms with Crippen molar-refractivity contribution in [1.82, 2.24) is 24.9 Å². The zero-order chi connectivity index (χ0) is 26.8. The zero-order valence-corrected chi connectivity index (χ0v) is 21.9. The van der Waals surface area contributed by atoms with Gasteiger partial charge in [-0.2, -0.15) is 10.5 Å². The number of nitrogens with zero attached hydrogens (tertiary/aromatic N) is 5. The van der Waals surface area contributed by atoms with E-state index in [2.05, 4.69) is 53.0 Å². The Morgan fingerprint density at radius 1 is 0.718 bits per heavy atom. The summed E-state index contributed by atoms with van der Waals surface area (Å²) in [5.41, 5.74) is 6.28. The third-order valence-corrected chi connectivity index (χ3v) is 7.00. The number of pyridine rings is 3. The highest BCUT2D eigenvalue weighted by Crippen LogP contribution is 2.43. The Morgan fingerprint density at radius 2 is 1.33 bits per heavy atom. The fourth-order valence-corrected chi connectivity index (χ4v) is 5.17. The van der Waals surface area contributed by atoms with Gasteiger partial charge in [-0.3, -0.25) is 9.97 Å². The van der Waals surface area contributed by atoms with E-state index in [0.29, 0.717) is 50.2 Å². The number of nitriles is 2. The fraction of sp³-hybridized carbons (Fsp3) is 0. The average molecular weight is 568 g/mol. The molecule has 39 heavy (non-hydrogen) atoms. The van der Waals surface area contributed by atoms with Gasteiger partial charge in [-0.1, -0.05) is 28.1 Å². The Morgan fingerprint density at radius 3 is 1.95 bits per heavy atom. The standard InChI is InChI=1S/C31H18BrN7/c32-21-7-8-28-23(12-21)27(17-38-28)25(14-34)30(20-5-2-10-36-16-20)29(19-4-1-9-35-15-19)24(13-33)26-18-39-31-22(26)6-3-11-37-31/h1-12,15-18,38H,(H,37,39)/b29-24-,30-25-. The van der Waals surface area contributed by atoms with Gasteiger partial charge < -0.3 is 9.97 Å². The third kappa shape index (κ3) is 4.29. The number of halogens is 1. The first-order valence-electron chi connectivity index (χ1n) is 12.0. The summed E-state index contributed by atoms with van der Waals surface area (Å²) in [7, 11) is 0. The summed E-state index contributed by atoms with van der Waals surface area (Å²) >= 11 is 3.56. The molecular formula is C31H18BrN7. The zero-order valence-electron chi connectivity index (χ0n) is 20.4. The van der Waals surface area contributed by atoms with Crippen molar-refractivity contribution in [2.24, 2.45) is 0 Å². The quantitative estimate of drug-likeness (QED) is 0.169. The lowest BCUT2D eigenvalue weighted by Gasteiger charge is -2.18. The van der Waals surface area contributed by atoms with E-state index in [1.54, 1.807) is 37.2 Å². The van der Waals surface area contributed by atoms with Gasteiger partial charge >= 0.3 is 0 Å². The summed E-state index contributed by atoms with van der Waals surface area (Å²) in [4.78, 5) is 19.6. The van der Waals surface area contributed by atoms with Crippen LogP contribution in [0, 0.1) is 22.7 Å². The fourth-order valence-electron chi connectivity index (χ4n) is 4.81. The molecule has 5 heterocycles. The van der Waals surface area contributed by atoms with Crippen LogP contribution in [0.1, 0.15) is 22.3 Å². The summed E-state index contributed by atoms with van der Waals surface area (Å²) in [5.74, 6) is 0. The highest BCUT2D eigenvalue weighted by Gasteiger charge is 2.25. The molecular weight excluding hydrogens is 550 g/mol. The molecule has 7 nitrogen and oxygen atoms in total. The van der Waals surface area contributed by atoms with E-state index in [-0.39, 0.29) is 0 Å². The van der Waals surface area contributed by atoms with Crippen LogP contribution in [0.25, 0.3) is 44.2 Å². The molecule has 184 valence electrons. The van der Waals surface area contributed by atoms with Crippen LogP contribution < -0.4 is 0 Å². The van der Waals surface area contributed by atoms with E-state index in [9.17, 15) is 10.5 Å². The number of hydrogen-bond acceptors (Lipinski definition) is 5. The Balaban J connectivity index is 1.79. The smallest absolute Gasteiger partial charge is 0.137 e. The molecule has 0 aliphatic rings. The van der Waals surface area contributed by atoms with Crippen LogP contribution in [0.15, 0.2) is 102 Å². The average Bonchev–Trinajstić information content (AvgIpc) is 3.60. The topological polar surface area (TPSA) is 118 Å². The lowest BCUT2D eigenvalue weighted by atomic mass is 9.83. The minimum absolute atomic E-state index is 0.384. The Labute approximate surface area is 232 Å². The van der Waals surface area contributed by atoms with Gasteiger partial charge in [0.25, 0.3) is 0 Å². The van der Waals surface area contributed by atoms with Crippen LogP contribution in [-0.2, 0) is 0 Å². The molecule has 0 bridgehead atoms. The number of aromatic nitrogens is 5. The lowest BCUT2D eigenvalue weighted by Crippen LogP contribution is -2.00. The molecule has 2 N–H and O–H groups in total. The number of aromatic amines is 2. The number of allylic oxidation sites excluding steroid dienone is 4. The molecule has 0 saturated carbocycles. The largest absolute Gasteiger partial charge is 0.361 e. The second-order valence-corrected chi connectivity index (χ2v) is 9.62. The van der Waals surface area contributed by atoms with E-state index in [1.165, 1.54) is 0 Å². The summed E-state index contributed by atoms with van der Waals surface area (Å²) < 4.78 is 0.892. The molecule has 6 rings (SSSR count). The van der Waals surface area contributed by atoms with Gasteiger partial charge in [0.2, 0.25) is 0 Å². The molecule has 0 aliphatic carbocycles. The SMILES string of the molecule is N#C/C(=C(/C(=C(/C#N)c1c[nH]c2ncccc12)c1cccnc1)c1cccnc1)c1c[nH]c2ccc(Br)cc12. The van der Waals surface area contributed by atoms with Crippen LogP contribution >= 0.6 is 15.9 Å². The van der Waals surface area contributed by atoms with Crippen LogP contribution in [0.2, 0.25) is 0 Å². The van der Waals surface area contributed by atoms with E-state index >= 15 is 0 Å². The van der Waals surface area contributed by atoms with Gasteiger partial charge in [-0.25, -0.2) is 4.98 Å². The number of hydrogen-bond donors (Lipinski definition) is 2. The minimum atomic E-state index is 0.384. The first kappa shape index (κ1) is 24.1. The maximum Gasteiger partial charge on any atom is 0.137 e. The maximum atomic E-state index is 10.7. The molecule has 0 amide bonds. The molecule has 0 fully saturated rings. The number of H-pyrrole nitrogens is 2. The van der Waals surface area contributed by atoms with Gasteiger partial charge in [-0.05, 0) is 42.5 Å². The van der Waals surface area contributed by atoms with Gasteiger partial charge in [0, 0.05) is 97.5 Å². The predicted molar refractivity (Wildman–Crippen MR) is 155 cm³/mol. The molecule has 5 aromatic heterocycles. The molecule has 0 radical (unpaired) electrons. The molecule has 0 aliphatic heterocycles. The third-order valence-electron chi connectivity index (χ3n) is 6.51. The molecule has 1 aromatic carbocycles. The van der Waals surface area contributed by atoms with E-state index < -0.39 is 0 Å². The van der Waals surface area contributed by atoms with Gasteiger partial charge in [0.05, 0.1) is 11.1 Å². The monoisotopic (exact) mass is 567 g/mol. The number of rotatable bonds is 5. The summed E-state index contributed by atoms with van der Waals surface area (Å²) in [5, 5.41) is 23.1. The van der Waals surface area contributed by atoms with E-state index in [4.69, 9.17) is 0 Å². The van der Waals surface area contributed by atoms with Crippen LogP contribution in [-0.4, -0.2) is 24.9 Å². The number of fused-ring (bicyclic) bond motifs is 2. The van der Waals surface area contributed by atoms with Crippen molar-refractivity contribution in [3.63, 3.8) is 0 Å². The van der Waals surface area contributed by atoms with Crippen LogP contribution in [0.4, 0.5) is 0 Å². The Hall–Kier alpha value is -5.31. The normalized spacial score (nSPS) is 12.5.